The average molecular weight is 302 g/mol. The van der Waals surface area contributed by atoms with E-state index >= 15 is 0 Å². The van der Waals surface area contributed by atoms with Crippen LogP contribution in [0, 0.1) is 0 Å². The molecule has 1 rings (SSSR count). The second-order valence-corrected chi connectivity index (χ2v) is 5.71. The zero-order chi connectivity index (χ0) is 15.2. The molecule has 0 atom stereocenters. The van der Waals surface area contributed by atoms with E-state index < -0.39 is 5.60 Å². The molecule has 0 unspecified atom stereocenters. The minimum absolute atomic E-state index is 0.381. The number of benzene rings is 1. The molecule has 0 spiro atoms. The Hall–Kier alpha value is -0.970. The molecule has 2 N–H and O–H groups in total. The van der Waals surface area contributed by atoms with E-state index in [1.807, 2.05) is 19.1 Å². The molecule has 0 saturated carbocycles. The lowest BCUT2D eigenvalue weighted by Crippen LogP contribution is -2.22. The van der Waals surface area contributed by atoms with Crippen molar-refractivity contribution in [1.29, 1.82) is 0 Å². The number of aliphatic hydroxyl groups is 1. The first-order chi connectivity index (χ1) is 9.37. The van der Waals surface area contributed by atoms with Crippen molar-refractivity contribution in [2.45, 2.75) is 39.3 Å². The molecule has 0 heterocycles. The second-order valence-electron chi connectivity index (χ2n) is 5.30. The van der Waals surface area contributed by atoms with Gasteiger partial charge in [0.15, 0.2) is 11.5 Å². The van der Waals surface area contributed by atoms with Gasteiger partial charge in [0.2, 0.25) is 0 Å². The molecule has 0 amide bonds. The Labute approximate surface area is 126 Å². The summed E-state index contributed by atoms with van der Waals surface area (Å²) in [4.78, 5) is 0. The van der Waals surface area contributed by atoms with Gasteiger partial charge in [-0.1, -0.05) is 18.5 Å². The van der Waals surface area contributed by atoms with E-state index in [2.05, 4.69) is 5.32 Å². The van der Waals surface area contributed by atoms with Crippen LogP contribution >= 0.6 is 11.6 Å². The third kappa shape index (κ3) is 5.57. The van der Waals surface area contributed by atoms with Crippen molar-refractivity contribution in [3.8, 4) is 11.5 Å². The number of nitrogens with one attached hydrogen (secondary N) is 1. The molecule has 0 aliphatic carbocycles. The fraction of sp³-hybridized carbons (Fsp3) is 0.600. The average Bonchev–Trinajstić information content (AvgIpc) is 2.36. The van der Waals surface area contributed by atoms with Crippen LogP contribution in [0.25, 0.3) is 0 Å². The summed E-state index contributed by atoms with van der Waals surface area (Å²) >= 11 is 6.25. The van der Waals surface area contributed by atoms with Crippen molar-refractivity contribution in [2.75, 3.05) is 20.3 Å². The van der Waals surface area contributed by atoms with Crippen molar-refractivity contribution in [2.24, 2.45) is 0 Å². The van der Waals surface area contributed by atoms with E-state index in [0.717, 1.165) is 18.7 Å². The summed E-state index contributed by atoms with van der Waals surface area (Å²) in [5, 5.41) is 13.4. The number of hydrogen-bond acceptors (Lipinski definition) is 4. The molecule has 1 aromatic carbocycles. The molecule has 0 fully saturated rings. The third-order valence-corrected chi connectivity index (χ3v) is 3.11. The number of methoxy groups -OCH3 is 1. The van der Waals surface area contributed by atoms with Gasteiger partial charge in [0.25, 0.3) is 0 Å². The fourth-order valence-electron chi connectivity index (χ4n) is 1.69. The van der Waals surface area contributed by atoms with E-state index in [0.29, 0.717) is 29.5 Å². The summed E-state index contributed by atoms with van der Waals surface area (Å²) in [5.74, 6) is 1.14. The van der Waals surface area contributed by atoms with Crippen LogP contribution in [-0.2, 0) is 6.54 Å². The highest BCUT2D eigenvalue weighted by Gasteiger charge is 2.15. The highest BCUT2D eigenvalue weighted by Crippen LogP contribution is 2.36. The van der Waals surface area contributed by atoms with Gasteiger partial charge < -0.3 is 19.9 Å². The quantitative estimate of drug-likeness (QED) is 0.775. The lowest BCUT2D eigenvalue weighted by Gasteiger charge is -2.19. The smallest absolute Gasteiger partial charge is 0.179 e. The minimum Gasteiger partial charge on any atom is -0.493 e. The Balaban J connectivity index is 2.79. The lowest BCUT2D eigenvalue weighted by molar-refractivity contribution is 0.0549. The Kier molecular flexibility index (Phi) is 6.59. The van der Waals surface area contributed by atoms with E-state index in [4.69, 9.17) is 21.1 Å². The van der Waals surface area contributed by atoms with Crippen LogP contribution in [0.15, 0.2) is 12.1 Å². The molecule has 20 heavy (non-hydrogen) atoms. The van der Waals surface area contributed by atoms with Crippen molar-refractivity contribution in [1.82, 2.24) is 5.32 Å². The number of rotatable bonds is 8. The first-order valence-corrected chi connectivity index (χ1v) is 7.17. The SMILES string of the molecule is CCNCc1cc(Cl)c(OCCC(C)(C)O)c(OC)c1. The molecule has 0 aromatic heterocycles. The summed E-state index contributed by atoms with van der Waals surface area (Å²) in [7, 11) is 1.59. The van der Waals surface area contributed by atoms with E-state index in [-0.39, 0.29) is 0 Å². The predicted octanol–water partition coefficient (Wildman–Crippen LogP) is 3.00. The van der Waals surface area contributed by atoms with Gasteiger partial charge in [0.05, 0.1) is 24.3 Å². The Bertz CT molecular complexity index is 430. The number of ether oxygens (including phenoxy) is 2. The normalized spacial score (nSPS) is 11.5. The first kappa shape index (κ1) is 17.1. The monoisotopic (exact) mass is 301 g/mol. The zero-order valence-corrected chi connectivity index (χ0v) is 13.4. The first-order valence-electron chi connectivity index (χ1n) is 6.79. The van der Waals surface area contributed by atoms with Gasteiger partial charge in [-0.15, -0.1) is 0 Å². The fourth-order valence-corrected chi connectivity index (χ4v) is 1.98. The van der Waals surface area contributed by atoms with Gasteiger partial charge in [0.1, 0.15) is 0 Å². The van der Waals surface area contributed by atoms with Gasteiger partial charge in [-0.3, -0.25) is 0 Å². The van der Waals surface area contributed by atoms with Gasteiger partial charge in [-0.05, 0) is 38.1 Å². The van der Waals surface area contributed by atoms with Crippen LogP contribution in [0.4, 0.5) is 0 Å². The van der Waals surface area contributed by atoms with Crippen molar-refractivity contribution < 1.29 is 14.6 Å². The van der Waals surface area contributed by atoms with Crippen LogP contribution in [0.5, 0.6) is 11.5 Å². The molecule has 0 radical (unpaired) electrons. The summed E-state index contributed by atoms with van der Waals surface area (Å²) in [6.07, 6.45) is 0.519. The molecular formula is C15H24ClNO3. The summed E-state index contributed by atoms with van der Waals surface area (Å²) < 4.78 is 11.0. The number of halogens is 1. The van der Waals surface area contributed by atoms with Gasteiger partial charge in [-0.2, -0.15) is 0 Å². The Morgan fingerprint density at radius 1 is 1.35 bits per heavy atom. The highest BCUT2D eigenvalue weighted by atomic mass is 35.5. The van der Waals surface area contributed by atoms with Crippen molar-refractivity contribution in [3.63, 3.8) is 0 Å². The van der Waals surface area contributed by atoms with Gasteiger partial charge >= 0.3 is 0 Å². The molecule has 0 bridgehead atoms. The predicted molar refractivity (Wildman–Crippen MR) is 81.8 cm³/mol. The van der Waals surface area contributed by atoms with Gasteiger partial charge in [0, 0.05) is 13.0 Å². The molecule has 0 saturated heterocycles. The largest absolute Gasteiger partial charge is 0.493 e. The number of hydrogen-bond donors (Lipinski definition) is 2. The Morgan fingerprint density at radius 2 is 2.05 bits per heavy atom. The maximum absolute atomic E-state index is 9.68. The van der Waals surface area contributed by atoms with E-state index in [9.17, 15) is 5.11 Å². The van der Waals surface area contributed by atoms with E-state index in [1.165, 1.54) is 0 Å². The molecule has 5 heteroatoms. The molecular weight excluding hydrogens is 278 g/mol. The van der Waals surface area contributed by atoms with E-state index in [1.54, 1.807) is 21.0 Å². The minimum atomic E-state index is -0.759. The second kappa shape index (κ2) is 7.72. The highest BCUT2D eigenvalue weighted by molar-refractivity contribution is 6.32. The van der Waals surface area contributed by atoms with Crippen LogP contribution in [0.2, 0.25) is 5.02 Å². The van der Waals surface area contributed by atoms with Gasteiger partial charge in [-0.25, -0.2) is 0 Å². The van der Waals surface area contributed by atoms with Crippen LogP contribution < -0.4 is 14.8 Å². The van der Waals surface area contributed by atoms with Crippen molar-refractivity contribution in [3.05, 3.63) is 22.7 Å². The summed E-state index contributed by atoms with van der Waals surface area (Å²) in [6.45, 7) is 7.54. The molecule has 4 nitrogen and oxygen atoms in total. The van der Waals surface area contributed by atoms with Crippen LogP contribution in [0.3, 0.4) is 0 Å². The maximum Gasteiger partial charge on any atom is 0.179 e. The van der Waals surface area contributed by atoms with Crippen LogP contribution in [-0.4, -0.2) is 31.0 Å². The Morgan fingerprint density at radius 3 is 2.60 bits per heavy atom. The molecule has 0 aliphatic heterocycles. The summed E-state index contributed by atoms with van der Waals surface area (Å²) in [6, 6.07) is 3.78. The lowest BCUT2D eigenvalue weighted by atomic mass is 10.1. The van der Waals surface area contributed by atoms with Crippen LogP contribution in [0.1, 0.15) is 32.8 Å². The third-order valence-electron chi connectivity index (χ3n) is 2.83. The standard InChI is InChI=1S/C15H24ClNO3/c1-5-17-10-11-8-12(16)14(13(9-11)19-4)20-7-6-15(2,3)18/h8-9,17-18H,5-7,10H2,1-4H3. The molecule has 114 valence electrons. The topological polar surface area (TPSA) is 50.7 Å². The molecule has 0 aliphatic rings. The molecule has 1 aromatic rings. The van der Waals surface area contributed by atoms with Crippen molar-refractivity contribution >= 4 is 11.6 Å². The zero-order valence-electron chi connectivity index (χ0n) is 12.6. The maximum atomic E-state index is 9.68. The summed E-state index contributed by atoms with van der Waals surface area (Å²) in [5.41, 5.74) is 0.286.